The summed E-state index contributed by atoms with van der Waals surface area (Å²) in [4.78, 5) is 14.1. The normalized spacial score (nSPS) is 16.1. The minimum atomic E-state index is -0.0306. The summed E-state index contributed by atoms with van der Waals surface area (Å²) in [5.41, 5.74) is 6.73. The second kappa shape index (κ2) is 4.96. The third kappa shape index (κ3) is 2.39. The number of nitrogens with zero attached hydrogens (tertiary/aromatic N) is 1. The van der Waals surface area contributed by atoms with Crippen molar-refractivity contribution in [1.82, 2.24) is 4.90 Å². The Morgan fingerprint density at radius 3 is 2.71 bits per heavy atom. The van der Waals surface area contributed by atoms with Gasteiger partial charge in [-0.15, -0.1) is 0 Å². The third-order valence-electron chi connectivity index (χ3n) is 3.48. The highest BCUT2D eigenvalue weighted by Crippen LogP contribution is 2.27. The number of carbonyl (C=O) groups is 1. The quantitative estimate of drug-likeness (QED) is 0.823. The molecule has 1 amide bonds. The number of nitrogens with two attached hydrogens (primary N) is 1. The summed E-state index contributed by atoms with van der Waals surface area (Å²) in [6, 6.07) is 5.54. The van der Waals surface area contributed by atoms with Crippen LogP contribution in [0.2, 0.25) is 5.02 Å². The molecule has 0 atom stereocenters. The molecule has 0 spiro atoms. The Hall–Kier alpha value is -1.22. The summed E-state index contributed by atoms with van der Waals surface area (Å²) >= 11 is 5.93. The first-order valence-corrected chi connectivity index (χ1v) is 6.30. The number of hydrogen-bond acceptors (Lipinski definition) is 2. The van der Waals surface area contributed by atoms with E-state index in [9.17, 15) is 4.79 Å². The second-order valence-corrected chi connectivity index (χ2v) is 4.96. The van der Waals surface area contributed by atoms with E-state index in [1.807, 2.05) is 7.05 Å². The first-order chi connectivity index (χ1) is 8.11. The van der Waals surface area contributed by atoms with E-state index in [2.05, 4.69) is 0 Å². The van der Waals surface area contributed by atoms with Gasteiger partial charge >= 0.3 is 0 Å². The van der Waals surface area contributed by atoms with Crippen LogP contribution < -0.4 is 5.73 Å². The maximum absolute atomic E-state index is 12.3. The fourth-order valence-corrected chi connectivity index (χ4v) is 2.55. The molecule has 1 aliphatic carbocycles. The van der Waals surface area contributed by atoms with Crippen LogP contribution in [0, 0.1) is 0 Å². The molecule has 1 aromatic carbocycles. The highest BCUT2D eigenvalue weighted by atomic mass is 35.5. The van der Waals surface area contributed by atoms with Crippen LogP contribution in [0.15, 0.2) is 18.2 Å². The summed E-state index contributed by atoms with van der Waals surface area (Å²) in [6.45, 7) is 0. The molecular weight excluding hydrogens is 236 g/mol. The van der Waals surface area contributed by atoms with Gasteiger partial charge in [-0.25, -0.2) is 0 Å². The van der Waals surface area contributed by atoms with Crippen LogP contribution in [0.1, 0.15) is 36.0 Å². The summed E-state index contributed by atoms with van der Waals surface area (Å²) in [5.74, 6) is -0.0306. The number of nitrogen functional groups attached to an aromatic ring is 1. The average molecular weight is 253 g/mol. The zero-order valence-corrected chi connectivity index (χ0v) is 10.7. The van der Waals surface area contributed by atoms with Gasteiger partial charge in [0.2, 0.25) is 0 Å². The topological polar surface area (TPSA) is 46.3 Å². The lowest BCUT2D eigenvalue weighted by Gasteiger charge is -2.25. The zero-order valence-electron chi connectivity index (χ0n) is 9.95. The van der Waals surface area contributed by atoms with Crippen molar-refractivity contribution in [1.29, 1.82) is 0 Å². The van der Waals surface area contributed by atoms with Gasteiger partial charge < -0.3 is 10.6 Å². The molecule has 92 valence electrons. The zero-order chi connectivity index (χ0) is 12.4. The molecule has 0 radical (unpaired) electrons. The minimum Gasteiger partial charge on any atom is -0.397 e. The molecule has 1 saturated carbocycles. The second-order valence-electron chi connectivity index (χ2n) is 4.56. The highest BCUT2D eigenvalue weighted by Gasteiger charge is 2.25. The maximum Gasteiger partial charge on any atom is 0.255 e. The van der Waals surface area contributed by atoms with Gasteiger partial charge in [0, 0.05) is 13.1 Å². The van der Waals surface area contributed by atoms with E-state index in [-0.39, 0.29) is 5.91 Å². The van der Waals surface area contributed by atoms with E-state index in [0.717, 1.165) is 12.8 Å². The Labute approximate surface area is 107 Å². The molecular formula is C13H17ClN2O. The Morgan fingerprint density at radius 1 is 1.41 bits per heavy atom. The minimum absolute atomic E-state index is 0.0306. The van der Waals surface area contributed by atoms with E-state index in [1.165, 1.54) is 12.8 Å². The van der Waals surface area contributed by atoms with E-state index in [0.29, 0.717) is 22.3 Å². The van der Waals surface area contributed by atoms with Crippen molar-refractivity contribution in [3.63, 3.8) is 0 Å². The van der Waals surface area contributed by atoms with Crippen molar-refractivity contribution in [3.8, 4) is 0 Å². The van der Waals surface area contributed by atoms with Crippen LogP contribution in [-0.2, 0) is 0 Å². The number of halogens is 1. The lowest BCUT2D eigenvalue weighted by Crippen LogP contribution is -2.35. The molecule has 3 nitrogen and oxygen atoms in total. The summed E-state index contributed by atoms with van der Waals surface area (Å²) in [7, 11) is 1.85. The molecule has 17 heavy (non-hydrogen) atoms. The number of carbonyl (C=O) groups excluding carboxylic acids is 1. The predicted molar refractivity (Wildman–Crippen MR) is 70.2 cm³/mol. The first-order valence-electron chi connectivity index (χ1n) is 5.92. The fraction of sp³-hybridized carbons (Fsp3) is 0.462. The Balaban J connectivity index is 2.21. The SMILES string of the molecule is CN(C(=O)c1cccc(Cl)c1N)C1CCCC1. The average Bonchev–Trinajstić information content (AvgIpc) is 2.84. The van der Waals surface area contributed by atoms with Gasteiger partial charge in [-0.05, 0) is 25.0 Å². The summed E-state index contributed by atoms with van der Waals surface area (Å²) in [5, 5.41) is 0.440. The molecule has 0 heterocycles. The molecule has 4 heteroatoms. The molecule has 0 unspecified atom stereocenters. The lowest BCUT2D eigenvalue weighted by atomic mass is 10.1. The van der Waals surface area contributed by atoms with Gasteiger partial charge in [-0.3, -0.25) is 4.79 Å². The molecule has 0 aromatic heterocycles. The number of anilines is 1. The van der Waals surface area contributed by atoms with Gasteiger partial charge in [0.15, 0.2) is 0 Å². The Morgan fingerprint density at radius 2 is 2.06 bits per heavy atom. The lowest BCUT2D eigenvalue weighted by molar-refractivity contribution is 0.0736. The third-order valence-corrected chi connectivity index (χ3v) is 3.81. The number of rotatable bonds is 2. The number of benzene rings is 1. The van der Waals surface area contributed by atoms with E-state index >= 15 is 0 Å². The van der Waals surface area contributed by atoms with Crippen LogP contribution >= 0.6 is 11.6 Å². The van der Waals surface area contributed by atoms with Crippen molar-refractivity contribution in [2.24, 2.45) is 0 Å². The molecule has 0 bridgehead atoms. The Bertz CT molecular complexity index is 427. The van der Waals surface area contributed by atoms with Crippen LogP contribution in [0.4, 0.5) is 5.69 Å². The fourth-order valence-electron chi connectivity index (χ4n) is 2.37. The van der Waals surface area contributed by atoms with E-state index in [1.54, 1.807) is 23.1 Å². The van der Waals surface area contributed by atoms with Crippen molar-refractivity contribution >= 4 is 23.2 Å². The largest absolute Gasteiger partial charge is 0.397 e. The summed E-state index contributed by atoms with van der Waals surface area (Å²) in [6.07, 6.45) is 4.58. The highest BCUT2D eigenvalue weighted by molar-refractivity contribution is 6.33. The van der Waals surface area contributed by atoms with Gasteiger partial charge in [0.25, 0.3) is 5.91 Å². The van der Waals surface area contributed by atoms with Gasteiger partial charge in [0.1, 0.15) is 0 Å². The van der Waals surface area contributed by atoms with Crippen LogP contribution in [0.25, 0.3) is 0 Å². The van der Waals surface area contributed by atoms with Crippen LogP contribution in [0.3, 0.4) is 0 Å². The van der Waals surface area contributed by atoms with Crippen LogP contribution in [0.5, 0.6) is 0 Å². The van der Waals surface area contributed by atoms with Gasteiger partial charge in [-0.1, -0.05) is 30.5 Å². The molecule has 1 fully saturated rings. The smallest absolute Gasteiger partial charge is 0.255 e. The molecule has 2 rings (SSSR count). The summed E-state index contributed by atoms with van der Waals surface area (Å²) < 4.78 is 0. The number of para-hydroxylation sites is 1. The van der Waals surface area contributed by atoms with Crippen molar-refractivity contribution in [3.05, 3.63) is 28.8 Å². The molecule has 0 aliphatic heterocycles. The standard InChI is InChI=1S/C13H17ClN2O/c1-16(9-5-2-3-6-9)13(17)10-7-4-8-11(14)12(10)15/h4,7-9H,2-3,5-6,15H2,1H3. The van der Waals surface area contributed by atoms with Crippen LogP contribution in [-0.4, -0.2) is 23.9 Å². The van der Waals surface area contributed by atoms with Crippen molar-refractivity contribution in [2.45, 2.75) is 31.7 Å². The molecule has 1 aliphatic rings. The number of amides is 1. The van der Waals surface area contributed by atoms with Crippen molar-refractivity contribution < 1.29 is 4.79 Å². The Kier molecular flexibility index (Phi) is 3.57. The van der Waals surface area contributed by atoms with Gasteiger partial charge in [0.05, 0.1) is 16.3 Å². The monoisotopic (exact) mass is 252 g/mol. The molecule has 0 saturated heterocycles. The molecule has 1 aromatic rings. The first kappa shape index (κ1) is 12.2. The maximum atomic E-state index is 12.3. The van der Waals surface area contributed by atoms with E-state index < -0.39 is 0 Å². The van der Waals surface area contributed by atoms with Gasteiger partial charge in [-0.2, -0.15) is 0 Å². The molecule has 2 N–H and O–H groups in total. The van der Waals surface area contributed by atoms with E-state index in [4.69, 9.17) is 17.3 Å². The van der Waals surface area contributed by atoms with Crippen molar-refractivity contribution in [2.75, 3.05) is 12.8 Å². The predicted octanol–water partition coefficient (Wildman–Crippen LogP) is 2.94. The number of hydrogen-bond donors (Lipinski definition) is 1.